The minimum atomic E-state index is -0.830. The first-order valence-corrected chi connectivity index (χ1v) is 15.2. The summed E-state index contributed by atoms with van der Waals surface area (Å²) in [5.74, 6) is 2.38. The number of aromatic nitrogens is 6. The SMILES string of the molecule is CC[C@H]1CC[C@H](c2nc3c4ccc(OC)cc4nc(NCc4ccc(C)c(C)c4)n3n2)CN1c1cnn(CC(C)(C)O)c1. The third kappa shape index (κ3) is 6.01. The van der Waals surface area contributed by atoms with Gasteiger partial charge in [-0.3, -0.25) is 4.68 Å². The number of piperidine rings is 1. The smallest absolute Gasteiger partial charge is 0.226 e. The Balaban J connectivity index is 1.34. The van der Waals surface area contributed by atoms with Crippen LogP contribution in [-0.4, -0.2) is 59.8 Å². The Hall–Kier alpha value is -4.18. The molecule has 2 N–H and O–H groups in total. The predicted octanol–water partition coefficient (Wildman–Crippen LogP) is 5.65. The van der Waals surface area contributed by atoms with Gasteiger partial charge < -0.3 is 20.1 Å². The number of benzene rings is 2. The predicted molar refractivity (Wildman–Crippen MR) is 170 cm³/mol. The molecule has 10 nitrogen and oxygen atoms in total. The van der Waals surface area contributed by atoms with Crippen LogP contribution in [0.4, 0.5) is 11.6 Å². The molecule has 6 rings (SSSR count). The highest BCUT2D eigenvalue weighted by molar-refractivity contribution is 5.93. The molecule has 1 aliphatic rings. The van der Waals surface area contributed by atoms with Gasteiger partial charge >= 0.3 is 0 Å². The summed E-state index contributed by atoms with van der Waals surface area (Å²) in [7, 11) is 1.67. The van der Waals surface area contributed by atoms with Crippen molar-refractivity contribution in [2.45, 2.75) is 84.5 Å². The van der Waals surface area contributed by atoms with Crippen molar-refractivity contribution in [3.8, 4) is 5.75 Å². The summed E-state index contributed by atoms with van der Waals surface area (Å²) in [6, 6.07) is 12.8. The molecule has 0 amide bonds. The fraction of sp³-hybridized carbons (Fsp3) is 0.455. The highest BCUT2D eigenvalue weighted by atomic mass is 16.5. The summed E-state index contributed by atoms with van der Waals surface area (Å²) in [4.78, 5) is 12.6. The number of rotatable bonds is 9. The van der Waals surface area contributed by atoms with Crippen molar-refractivity contribution in [2.75, 3.05) is 23.9 Å². The molecule has 0 unspecified atom stereocenters. The number of nitrogens with one attached hydrogen (secondary N) is 1. The lowest BCUT2D eigenvalue weighted by atomic mass is 9.90. The van der Waals surface area contributed by atoms with E-state index >= 15 is 0 Å². The normalized spacial score (nSPS) is 17.6. The lowest BCUT2D eigenvalue weighted by Crippen LogP contribution is -2.42. The zero-order valence-corrected chi connectivity index (χ0v) is 26.0. The highest BCUT2D eigenvalue weighted by Gasteiger charge is 2.32. The largest absolute Gasteiger partial charge is 0.497 e. The van der Waals surface area contributed by atoms with Gasteiger partial charge in [-0.25, -0.2) is 9.97 Å². The summed E-state index contributed by atoms with van der Waals surface area (Å²) < 4.78 is 9.19. The molecule has 3 aromatic heterocycles. The summed E-state index contributed by atoms with van der Waals surface area (Å²) >= 11 is 0. The van der Waals surface area contributed by atoms with Crippen LogP contribution < -0.4 is 15.0 Å². The Morgan fingerprint density at radius 2 is 1.91 bits per heavy atom. The van der Waals surface area contributed by atoms with Gasteiger partial charge in [0.2, 0.25) is 5.95 Å². The third-order valence-electron chi connectivity index (χ3n) is 8.56. The fourth-order valence-corrected chi connectivity index (χ4v) is 6.08. The van der Waals surface area contributed by atoms with E-state index in [1.54, 1.807) is 21.0 Å². The Kier molecular flexibility index (Phi) is 7.72. The molecule has 2 aromatic carbocycles. The van der Waals surface area contributed by atoms with E-state index < -0.39 is 5.60 Å². The van der Waals surface area contributed by atoms with Crippen molar-refractivity contribution in [1.82, 2.24) is 29.4 Å². The summed E-state index contributed by atoms with van der Waals surface area (Å²) in [6.45, 7) is 12.0. The van der Waals surface area contributed by atoms with E-state index in [1.807, 2.05) is 39.8 Å². The molecule has 1 aliphatic heterocycles. The molecule has 0 radical (unpaired) electrons. The van der Waals surface area contributed by atoms with E-state index in [2.05, 4.69) is 54.3 Å². The van der Waals surface area contributed by atoms with E-state index in [4.69, 9.17) is 19.8 Å². The molecule has 4 heterocycles. The molecule has 1 fully saturated rings. The average molecular weight is 583 g/mol. The average Bonchev–Trinajstić information content (AvgIpc) is 3.64. The van der Waals surface area contributed by atoms with Crippen molar-refractivity contribution >= 4 is 28.2 Å². The Bertz CT molecular complexity index is 1750. The molecular weight excluding hydrogens is 540 g/mol. The van der Waals surface area contributed by atoms with E-state index in [0.717, 1.165) is 59.6 Å². The van der Waals surface area contributed by atoms with Gasteiger partial charge in [0, 0.05) is 42.7 Å². The summed E-state index contributed by atoms with van der Waals surface area (Å²) in [5, 5.41) is 24.4. The van der Waals surface area contributed by atoms with Gasteiger partial charge in [-0.05, 0) is 75.8 Å². The van der Waals surface area contributed by atoms with Crippen LogP contribution in [0.15, 0.2) is 48.8 Å². The molecule has 5 aromatic rings. The third-order valence-corrected chi connectivity index (χ3v) is 8.56. The van der Waals surface area contributed by atoms with Crippen LogP contribution in [-0.2, 0) is 13.1 Å². The van der Waals surface area contributed by atoms with E-state index in [-0.39, 0.29) is 5.92 Å². The lowest BCUT2D eigenvalue weighted by Gasteiger charge is -2.39. The summed E-state index contributed by atoms with van der Waals surface area (Å²) in [6.07, 6.45) is 7.05. The molecule has 0 aliphatic carbocycles. The van der Waals surface area contributed by atoms with Crippen molar-refractivity contribution in [3.63, 3.8) is 0 Å². The monoisotopic (exact) mass is 582 g/mol. The minimum absolute atomic E-state index is 0.154. The number of ether oxygens (including phenoxy) is 1. The van der Waals surface area contributed by atoms with Gasteiger partial charge in [-0.2, -0.15) is 9.61 Å². The number of hydrogen-bond donors (Lipinski definition) is 2. The second-order valence-corrected chi connectivity index (χ2v) is 12.5. The molecule has 0 bridgehead atoms. The molecule has 43 heavy (non-hydrogen) atoms. The number of fused-ring (bicyclic) bond motifs is 3. The number of aryl methyl sites for hydroxylation is 2. The Labute approximate surface area is 252 Å². The number of aliphatic hydroxyl groups is 1. The second kappa shape index (κ2) is 11.5. The molecular formula is C33H42N8O2. The van der Waals surface area contributed by atoms with Gasteiger partial charge in [-0.1, -0.05) is 25.1 Å². The molecule has 0 spiro atoms. The second-order valence-electron chi connectivity index (χ2n) is 12.5. The molecule has 2 atom stereocenters. The van der Waals surface area contributed by atoms with Gasteiger partial charge in [0.15, 0.2) is 11.5 Å². The number of hydrogen-bond acceptors (Lipinski definition) is 8. The van der Waals surface area contributed by atoms with Crippen LogP contribution in [0.3, 0.4) is 0 Å². The first-order valence-electron chi connectivity index (χ1n) is 15.2. The van der Waals surface area contributed by atoms with Crippen LogP contribution in [0.1, 0.15) is 68.5 Å². The first kappa shape index (κ1) is 28.9. The topological polar surface area (TPSA) is 106 Å². The zero-order valence-electron chi connectivity index (χ0n) is 26.0. The molecule has 10 heteroatoms. The van der Waals surface area contributed by atoms with Crippen molar-refractivity contribution in [3.05, 3.63) is 71.3 Å². The Morgan fingerprint density at radius 1 is 1.07 bits per heavy atom. The quantitative estimate of drug-likeness (QED) is 0.230. The maximum Gasteiger partial charge on any atom is 0.226 e. The van der Waals surface area contributed by atoms with Crippen LogP contribution in [0, 0.1) is 13.8 Å². The maximum atomic E-state index is 10.3. The van der Waals surface area contributed by atoms with Crippen LogP contribution in [0.2, 0.25) is 0 Å². The summed E-state index contributed by atoms with van der Waals surface area (Å²) in [5.41, 5.74) is 5.56. The number of methoxy groups -OCH3 is 1. The molecule has 0 saturated carbocycles. The molecule has 1 saturated heterocycles. The van der Waals surface area contributed by atoms with E-state index in [0.29, 0.717) is 25.1 Å². The van der Waals surface area contributed by atoms with Crippen LogP contribution in [0.5, 0.6) is 5.75 Å². The number of anilines is 2. The maximum absolute atomic E-state index is 10.3. The van der Waals surface area contributed by atoms with Gasteiger partial charge in [0.05, 0.1) is 36.7 Å². The fourth-order valence-electron chi connectivity index (χ4n) is 6.08. The van der Waals surface area contributed by atoms with Gasteiger partial charge in [0.1, 0.15) is 5.75 Å². The van der Waals surface area contributed by atoms with Crippen molar-refractivity contribution in [1.29, 1.82) is 0 Å². The van der Waals surface area contributed by atoms with Gasteiger partial charge in [0.25, 0.3) is 0 Å². The first-order chi connectivity index (χ1) is 20.6. The standard InChI is InChI=1S/C33H42N8O2/c1-7-25-11-10-24(18-40(25)26-17-35-39(19-26)20-33(4,5)42)30-37-31-28-13-12-27(43-6)15-29(28)36-32(41(31)38-30)34-16-23-9-8-21(2)22(3)14-23/h8-9,12-15,17,19,24-25,42H,7,10-11,16,18,20H2,1-6H3,(H,34,36)/t24-,25-/m0/s1. The van der Waals surface area contributed by atoms with Crippen molar-refractivity contribution in [2.24, 2.45) is 0 Å². The minimum Gasteiger partial charge on any atom is -0.497 e. The highest BCUT2D eigenvalue weighted by Crippen LogP contribution is 2.35. The van der Waals surface area contributed by atoms with Crippen LogP contribution >= 0.6 is 0 Å². The Morgan fingerprint density at radius 3 is 2.65 bits per heavy atom. The molecule has 226 valence electrons. The zero-order chi connectivity index (χ0) is 30.3. The lowest BCUT2D eigenvalue weighted by molar-refractivity contribution is 0.0577. The number of nitrogens with zero attached hydrogens (tertiary/aromatic N) is 7. The van der Waals surface area contributed by atoms with Gasteiger partial charge in [-0.15, -0.1) is 5.10 Å². The van der Waals surface area contributed by atoms with E-state index in [1.165, 1.54) is 16.7 Å². The van der Waals surface area contributed by atoms with Crippen molar-refractivity contribution < 1.29 is 9.84 Å². The van der Waals surface area contributed by atoms with E-state index in [9.17, 15) is 5.11 Å². The van der Waals surface area contributed by atoms with Crippen LogP contribution in [0.25, 0.3) is 16.6 Å².